The average Bonchev–Trinajstić information content (AvgIpc) is 3.23. The number of amidine groups is 2. The number of hydrogen-bond donors (Lipinski definition) is 3. The zero-order chi connectivity index (χ0) is 18.0. The van der Waals surface area contributed by atoms with Gasteiger partial charge in [-0.3, -0.25) is 9.38 Å². The van der Waals surface area contributed by atoms with E-state index in [0.29, 0.717) is 22.4 Å². The monoisotopic (exact) mass is 468 g/mol. The molecule has 0 aliphatic carbocycles. The van der Waals surface area contributed by atoms with E-state index in [9.17, 15) is 4.39 Å². The molecule has 0 saturated carbocycles. The zero-order valence-corrected chi connectivity index (χ0v) is 16.2. The zero-order valence-electron chi connectivity index (χ0n) is 13.2. The molecule has 0 atom stereocenters. The van der Waals surface area contributed by atoms with E-state index in [2.05, 4.69) is 48.1 Å². The van der Waals surface area contributed by atoms with Gasteiger partial charge in [0.15, 0.2) is 17.3 Å². The second kappa shape index (κ2) is 7.40. The second-order valence-corrected chi connectivity index (χ2v) is 6.77. The SMILES string of the molecule is C=Cc1ccc(/C(=N\C(=N)c2cn(SI)c3ncc(F)cc23)NC)[nH]1. The van der Waals surface area contributed by atoms with Crippen molar-refractivity contribution in [1.82, 2.24) is 19.3 Å². The van der Waals surface area contributed by atoms with E-state index in [-0.39, 0.29) is 5.84 Å². The molecule has 0 aliphatic rings. The highest BCUT2D eigenvalue weighted by Gasteiger charge is 2.15. The Balaban J connectivity index is 2.06. The first-order valence-electron chi connectivity index (χ1n) is 7.20. The van der Waals surface area contributed by atoms with Gasteiger partial charge < -0.3 is 10.3 Å². The Hall–Kier alpha value is -2.14. The number of halogens is 2. The molecule has 0 radical (unpaired) electrons. The van der Waals surface area contributed by atoms with E-state index in [0.717, 1.165) is 17.6 Å². The van der Waals surface area contributed by atoms with E-state index in [1.807, 2.05) is 12.1 Å². The van der Waals surface area contributed by atoms with Crippen LogP contribution in [0.5, 0.6) is 0 Å². The van der Waals surface area contributed by atoms with Crippen LogP contribution in [0.1, 0.15) is 17.0 Å². The molecule has 6 nitrogen and oxygen atoms in total. The third-order valence-corrected chi connectivity index (χ3v) is 5.25. The molecule has 25 heavy (non-hydrogen) atoms. The molecule has 0 spiro atoms. The fourth-order valence-electron chi connectivity index (χ4n) is 2.39. The number of H-pyrrole nitrogens is 1. The minimum Gasteiger partial charge on any atom is -0.371 e. The molecule has 0 bridgehead atoms. The maximum absolute atomic E-state index is 13.6. The fourth-order valence-corrected chi connectivity index (χ4v) is 3.64. The van der Waals surface area contributed by atoms with Gasteiger partial charge in [0.25, 0.3) is 0 Å². The number of pyridine rings is 1. The Morgan fingerprint density at radius 2 is 2.36 bits per heavy atom. The lowest BCUT2D eigenvalue weighted by Crippen LogP contribution is -2.21. The predicted octanol–water partition coefficient (Wildman–Crippen LogP) is 3.98. The fraction of sp³-hybridized carbons (Fsp3) is 0.0625. The molecule has 3 N–H and O–H groups in total. The summed E-state index contributed by atoms with van der Waals surface area (Å²) in [6.07, 6.45) is 4.59. The van der Waals surface area contributed by atoms with Crippen molar-refractivity contribution in [1.29, 1.82) is 5.41 Å². The molecule has 3 aromatic heterocycles. The summed E-state index contributed by atoms with van der Waals surface area (Å²) in [5, 5.41) is 11.9. The highest BCUT2D eigenvalue weighted by atomic mass is 127. The van der Waals surface area contributed by atoms with Gasteiger partial charge in [0.2, 0.25) is 0 Å². The minimum absolute atomic E-state index is 0.0145. The lowest BCUT2D eigenvalue weighted by atomic mass is 10.2. The Kier molecular flexibility index (Phi) is 5.23. The van der Waals surface area contributed by atoms with Crippen LogP contribution in [-0.2, 0) is 0 Å². The first kappa shape index (κ1) is 17.7. The largest absolute Gasteiger partial charge is 0.371 e. The van der Waals surface area contributed by atoms with Gasteiger partial charge in [0.05, 0.1) is 11.9 Å². The van der Waals surface area contributed by atoms with Crippen molar-refractivity contribution < 1.29 is 4.39 Å². The molecule has 128 valence electrons. The summed E-state index contributed by atoms with van der Waals surface area (Å²) >= 11 is 2.11. The molecule has 3 rings (SSSR count). The van der Waals surface area contributed by atoms with Gasteiger partial charge in [-0.1, -0.05) is 6.58 Å². The number of nitrogens with zero attached hydrogens (tertiary/aromatic N) is 3. The van der Waals surface area contributed by atoms with Gasteiger partial charge in [-0.15, -0.1) is 0 Å². The van der Waals surface area contributed by atoms with Crippen molar-refractivity contribution in [3.63, 3.8) is 0 Å². The van der Waals surface area contributed by atoms with Gasteiger partial charge >= 0.3 is 0 Å². The van der Waals surface area contributed by atoms with Gasteiger partial charge in [0, 0.05) is 60.2 Å². The van der Waals surface area contributed by atoms with Crippen molar-refractivity contribution in [3.05, 3.63) is 59.9 Å². The summed E-state index contributed by atoms with van der Waals surface area (Å²) in [7, 11) is 3.12. The predicted molar refractivity (Wildman–Crippen MR) is 110 cm³/mol. The van der Waals surface area contributed by atoms with Gasteiger partial charge in [-0.2, -0.15) is 0 Å². The maximum atomic E-state index is 13.6. The van der Waals surface area contributed by atoms with Crippen molar-refractivity contribution >= 4 is 59.1 Å². The van der Waals surface area contributed by atoms with Gasteiger partial charge in [-0.25, -0.2) is 14.4 Å². The van der Waals surface area contributed by atoms with Crippen LogP contribution in [0.2, 0.25) is 0 Å². The summed E-state index contributed by atoms with van der Waals surface area (Å²) in [5.74, 6) is 0.0711. The third kappa shape index (κ3) is 3.47. The molecule has 3 aromatic rings. The third-order valence-electron chi connectivity index (χ3n) is 3.55. The topological polar surface area (TPSA) is 81.8 Å². The molecule has 0 saturated heterocycles. The summed E-state index contributed by atoms with van der Waals surface area (Å²) in [6.45, 7) is 3.71. The number of aromatic amines is 1. The Labute approximate surface area is 159 Å². The molecule has 0 unspecified atom stereocenters. The Morgan fingerprint density at radius 3 is 3.00 bits per heavy atom. The van der Waals surface area contributed by atoms with Crippen molar-refractivity contribution in [2.24, 2.45) is 4.99 Å². The van der Waals surface area contributed by atoms with Crippen LogP contribution in [0.25, 0.3) is 17.1 Å². The van der Waals surface area contributed by atoms with E-state index in [1.165, 1.54) is 15.2 Å². The quantitative estimate of drug-likeness (QED) is 0.308. The lowest BCUT2D eigenvalue weighted by Gasteiger charge is -2.04. The molecule has 0 amide bonds. The van der Waals surface area contributed by atoms with E-state index >= 15 is 0 Å². The normalized spacial score (nSPS) is 11.7. The van der Waals surface area contributed by atoms with Crippen LogP contribution >= 0.6 is 30.3 Å². The van der Waals surface area contributed by atoms with Crippen LogP contribution in [0.15, 0.2) is 42.2 Å². The van der Waals surface area contributed by atoms with Crippen LogP contribution in [-0.4, -0.2) is 32.7 Å². The highest BCUT2D eigenvalue weighted by molar-refractivity contribution is 14.2. The maximum Gasteiger partial charge on any atom is 0.156 e. The number of fused-ring (bicyclic) bond motifs is 1. The van der Waals surface area contributed by atoms with E-state index in [4.69, 9.17) is 5.41 Å². The van der Waals surface area contributed by atoms with Crippen LogP contribution in [0.3, 0.4) is 0 Å². The average molecular weight is 468 g/mol. The molecular formula is C16H14FIN6S. The number of hydrogen-bond acceptors (Lipinski definition) is 3. The number of aliphatic imine (C=N–C) groups is 1. The van der Waals surface area contributed by atoms with Crippen LogP contribution < -0.4 is 5.32 Å². The number of nitrogens with one attached hydrogen (secondary N) is 3. The van der Waals surface area contributed by atoms with Crippen LogP contribution in [0, 0.1) is 11.2 Å². The van der Waals surface area contributed by atoms with E-state index < -0.39 is 5.82 Å². The number of aromatic nitrogens is 3. The van der Waals surface area contributed by atoms with Crippen molar-refractivity contribution in [3.8, 4) is 0 Å². The summed E-state index contributed by atoms with van der Waals surface area (Å²) < 4.78 is 15.4. The Morgan fingerprint density at radius 1 is 1.56 bits per heavy atom. The number of rotatable bonds is 4. The summed E-state index contributed by atoms with van der Waals surface area (Å²) in [4.78, 5) is 11.6. The van der Waals surface area contributed by atoms with E-state index in [1.54, 1.807) is 23.3 Å². The minimum atomic E-state index is -0.449. The molecule has 0 fully saturated rings. The highest BCUT2D eigenvalue weighted by Crippen LogP contribution is 2.28. The first-order valence-corrected chi connectivity index (χ1v) is 10.5. The smallest absolute Gasteiger partial charge is 0.156 e. The molecule has 9 heteroatoms. The summed E-state index contributed by atoms with van der Waals surface area (Å²) in [6, 6.07) is 5.09. The van der Waals surface area contributed by atoms with Crippen LogP contribution in [0.4, 0.5) is 4.39 Å². The first-order chi connectivity index (χ1) is 12.1. The lowest BCUT2D eigenvalue weighted by molar-refractivity contribution is 0.624. The standard InChI is InChI=1S/C16H14FIN6S/c1-3-10-4-5-13(22-10)15(20-2)23-14(19)12-8-24(25-18)16-11(12)6-9(17)7-21-16/h3-8,22H,1H2,2H3,(H2,19,20,23). The molecule has 3 heterocycles. The Bertz CT molecular complexity index is 990. The van der Waals surface area contributed by atoms with Crippen molar-refractivity contribution in [2.75, 3.05) is 7.05 Å². The van der Waals surface area contributed by atoms with Crippen molar-refractivity contribution in [2.45, 2.75) is 0 Å². The van der Waals surface area contributed by atoms with Gasteiger partial charge in [-0.05, 0) is 24.3 Å². The molecule has 0 aromatic carbocycles. The summed E-state index contributed by atoms with van der Waals surface area (Å²) in [5.41, 5.74) is 2.69. The molecular weight excluding hydrogens is 454 g/mol. The van der Waals surface area contributed by atoms with Gasteiger partial charge in [0.1, 0.15) is 5.82 Å². The molecule has 0 aliphatic heterocycles. The second-order valence-electron chi connectivity index (χ2n) is 5.05.